The Labute approximate surface area is 126 Å². The standard InChI is InChI=1S/C14H16N2O4S/c1-8-6-20-10(4-12(17)18)13(8)14(19)16(3)5-11-9(2)15-7-21-11/h6-7H,4-5H2,1-3H3,(H,17,18). The van der Waals surface area contributed by atoms with Crippen molar-refractivity contribution in [1.29, 1.82) is 0 Å². The topological polar surface area (TPSA) is 83.6 Å². The lowest BCUT2D eigenvalue weighted by Gasteiger charge is -2.17. The molecular weight excluding hydrogens is 292 g/mol. The van der Waals surface area contributed by atoms with Crippen molar-refractivity contribution in [1.82, 2.24) is 9.88 Å². The van der Waals surface area contributed by atoms with E-state index < -0.39 is 5.97 Å². The lowest BCUT2D eigenvalue weighted by atomic mass is 10.1. The Balaban J connectivity index is 2.21. The summed E-state index contributed by atoms with van der Waals surface area (Å²) in [5.74, 6) is -1.08. The van der Waals surface area contributed by atoms with Crippen LogP contribution in [0.15, 0.2) is 16.2 Å². The van der Waals surface area contributed by atoms with Crippen LogP contribution in [0.5, 0.6) is 0 Å². The van der Waals surface area contributed by atoms with Crippen molar-refractivity contribution in [3.8, 4) is 0 Å². The summed E-state index contributed by atoms with van der Waals surface area (Å²) in [7, 11) is 1.68. The van der Waals surface area contributed by atoms with Crippen LogP contribution < -0.4 is 0 Å². The zero-order chi connectivity index (χ0) is 15.6. The minimum absolute atomic E-state index is 0.192. The van der Waals surface area contributed by atoms with E-state index in [1.807, 2.05) is 6.92 Å². The van der Waals surface area contributed by atoms with E-state index in [1.165, 1.54) is 17.6 Å². The summed E-state index contributed by atoms with van der Waals surface area (Å²) in [6.45, 7) is 4.06. The van der Waals surface area contributed by atoms with Gasteiger partial charge in [-0.3, -0.25) is 9.59 Å². The van der Waals surface area contributed by atoms with Gasteiger partial charge in [-0.05, 0) is 13.8 Å². The van der Waals surface area contributed by atoms with Gasteiger partial charge in [0, 0.05) is 17.5 Å². The van der Waals surface area contributed by atoms with Crippen molar-refractivity contribution >= 4 is 23.2 Å². The second kappa shape index (κ2) is 6.09. The van der Waals surface area contributed by atoms with Crippen LogP contribution in [0.1, 0.15) is 32.3 Å². The summed E-state index contributed by atoms with van der Waals surface area (Å²) in [6, 6.07) is 0. The Hall–Kier alpha value is -2.15. The van der Waals surface area contributed by atoms with Crippen LogP contribution in [-0.4, -0.2) is 33.9 Å². The Kier molecular flexibility index (Phi) is 4.42. The highest BCUT2D eigenvalue weighted by Gasteiger charge is 2.23. The number of aromatic nitrogens is 1. The molecular formula is C14H16N2O4S. The zero-order valence-electron chi connectivity index (χ0n) is 12.0. The first kappa shape index (κ1) is 15.2. The molecule has 0 aliphatic rings. The molecule has 1 amide bonds. The van der Waals surface area contributed by atoms with E-state index in [-0.39, 0.29) is 18.1 Å². The van der Waals surface area contributed by atoms with Crippen molar-refractivity contribution in [2.24, 2.45) is 0 Å². The molecule has 6 nitrogen and oxygen atoms in total. The highest BCUT2D eigenvalue weighted by Crippen LogP contribution is 2.21. The zero-order valence-corrected chi connectivity index (χ0v) is 12.9. The van der Waals surface area contributed by atoms with Gasteiger partial charge in [0.2, 0.25) is 0 Å². The maximum atomic E-state index is 12.5. The second-order valence-corrected chi connectivity index (χ2v) is 5.75. The molecule has 2 heterocycles. The Bertz CT molecular complexity index is 674. The summed E-state index contributed by atoms with van der Waals surface area (Å²) in [6.07, 6.45) is 1.11. The van der Waals surface area contributed by atoms with E-state index >= 15 is 0 Å². The Morgan fingerprint density at radius 3 is 2.71 bits per heavy atom. The van der Waals surface area contributed by atoms with Gasteiger partial charge in [0.25, 0.3) is 5.91 Å². The van der Waals surface area contributed by atoms with Gasteiger partial charge in [-0.15, -0.1) is 11.3 Å². The fraction of sp³-hybridized carbons (Fsp3) is 0.357. The summed E-state index contributed by atoms with van der Waals surface area (Å²) in [4.78, 5) is 30.1. The van der Waals surface area contributed by atoms with Crippen LogP contribution in [0.2, 0.25) is 0 Å². The molecule has 0 bridgehead atoms. The molecule has 0 spiro atoms. The maximum Gasteiger partial charge on any atom is 0.311 e. The first-order chi connectivity index (χ1) is 9.90. The van der Waals surface area contributed by atoms with Crippen LogP contribution in [0, 0.1) is 13.8 Å². The van der Waals surface area contributed by atoms with Gasteiger partial charge in [-0.1, -0.05) is 0 Å². The number of furan rings is 1. The van der Waals surface area contributed by atoms with Crippen LogP contribution in [0.4, 0.5) is 0 Å². The normalized spacial score (nSPS) is 10.6. The highest BCUT2D eigenvalue weighted by molar-refractivity contribution is 7.09. The van der Waals surface area contributed by atoms with E-state index in [0.29, 0.717) is 17.7 Å². The predicted octanol–water partition coefficient (Wildman–Crippen LogP) is 2.25. The molecule has 0 fully saturated rings. The molecule has 2 aromatic rings. The third-order valence-corrected chi connectivity index (χ3v) is 4.07. The number of carboxylic acids is 1. The largest absolute Gasteiger partial charge is 0.481 e. The van der Waals surface area contributed by atoms with Crippen molar-refractivity contribution in [3.05, 3.63) is 39.2 Å². The van der Waals surface area contributed by atoms with Crippen molar-refractivity contribution in [3.63, 3.8) is 0 Å². The first-order valence-corrected chi connectivity index (χ1v) is 7.21. The van der Waals surface area contributed by atoms with E-state index in [4.69, 9.17) is 9.52 Å². The Morgan fingerprint density at radius 1 is 1.43 bits per heavy atom. The van der Waals surface area contributed by atoms with Crippen LogP contribution in [0.3, 0.4) is 0 Å². The summed E-state index contributed by atoms with van der Waals surface area (Å²) in [5, 5.41) is 8.87. The predicted molar refractivity (Wildman–Crippen MR) is 77.4 cm³/mol. The molecule has 2 aromatic heterocycles. The first-order valence-electron chi connectivity index (χ1n) is 6.33. The molecule has 0 radical (unpaired) electrons. The van der Waals surface area contributed by atoms with Crippen molar-refractivity contribution in [2.45, 2.75) is 26.8 Å². The number of carboxylic acid groups (broad SMARTS) is 1. The summed E-state index contributed by atoms with van der Waals surface area (Å²) >= 11 is 1.49. The average molecular weight is 308 g/mol. The second-order valence-electron chi connectivity index (χ2n) is 4.81. The summed E-state index contributed by atoms with van der Waals surface area (Å²) < 4.78 is 5.20. The SMILES string of the molecule is Cc1coc(CC(=O)O)c1C(=O)N(C)Cc1scnc1C. The molecule has 21 heavy (non-hydrogen) atoms. The van der Waals surface area contributed by atoms with Crippen LogP contribution in [-0.2, 0) is 17.8 Å². The number of aryl methyl sites for hydroxylation is 2. The molecule has 0 saturated heterocycles. The molecule has 0 unspecified atom stereocenters. The van der Waals surface area contributed by atoms with Gasteiger partial charge in [0.1, 0.15) is 12.2 Å². The molecule has 0 aliphatic heterocycles. The fourth-order valence-electron chi connectivity index (χ4n) is 2.01. The molecule has 2 rings (SSSR count). The number of hydrogen-bond donors (Lipinski definition) is 1. The molecule has 7 heteroatoms. The van der Waals surface area contributed by atoms with Crippen LogP contribution >= 0.6 is 11.3 Å². The number of thiazole rings is 1. The molecule has 0 aromatic carbocycles. The third-order valence-electron chi connectivity index (χ3n) is 3.15. The smallest absolute Gasteiger partial charge is 0.311 e. The lowest BCUT2D eigenvalue weighted by Crippen LogP contribution is -2.27. The lowest BCUT2D eigenvalue weighted by molar-refractivity contribution is -0.136. The summed E-state index contributed by atoms with van der Waals surface area (Å²) in [5.41, 5.74) is 3.61. The number of carbonyl (C=O) groups is 2. The van der Waals surface area contributed by atoms with E-state index in [2.05, 4.69) is 4.98 Å². The highest BCUT2D eigenvalue weighted by atomic mass is 32.1. The van der Waals surface area contributed by atoms with E-state index in [0.717, 1.165) is 10.6 Å². The maximum absolute atomic E-state index is 12.5. The van der Waals surface area contributed by atoms with Crippen molar-refractivity contribution < 1.29 is 19.1 Å². The molecule has 1 N–H and O–H groups in total. The quantitative estimate of drug-likeness (QED) is 0.916. The van der Waals surface area contributed by atoms with E-state index in [1.54, 1.807) is 24.4 Å². The number of rotatable bonds is 5. The number of hydrogen-bond acceptors (Lipinski definition) is 5. The van der Waals surface area contributed by atoms with Crippen molar-refractivity contribution in [2.75, 3.05) is 7.05 Å². The fourth-order valence-corrected chi connectivity index (χ4v) is 2.84. The number of amides is 1. The third kappa shape index (κ3) is 3.30. The number of aliphatic carboxylic acids is 1. The van der Waals surface area contributed by atoms with Gasteiger partial charge in [0.15, 0.2) is 0 Å². The molecule has 0 atom stereocenters. The average Bonchev–Trinajstić information content (AvgIpc) is 2.95. The van der Waals surface area contributed by atoms with Gasteiger partial charge in [0.05, 0.1) is 29.6 Å². The molecule has 0 aliphatic carbocycles. The van der Waals surface area contributed by atoms with Gasteiger partial charge >= 0.3 is 5.97 Å². The van der Waals surface area contributed by atoms with Gasteiger partial charge < -0.3 is 14.4 Å². The monoisotopic (exact) mass is 308 g/mol. The van der Waals surface area contributed by atoms with Gasteiger partial charge in [-0.2, -0.15) is 0 Å². The molecule has 0 saturated carbocycles. The molecule has 112 valence electrons. The minimum atomic E-state index is -1.03. The number of nitrogens with zero attached hydrogens (tertiary/aromatic N) is 2. The van der Waals surface area contributed by atoms with E-state index in [9.17, 15) is 9.59 Å². The Morgan fingerprint density at radius 2 is 2.14 bits per heavy atom. The van der Waals surface area contributed by atoms with Crippen LogP contribution in [0.25, 0.3) is 0 Å². The minimum Gasteiger partial charge on any atom is -0.481 e. The number of carbonyl (C=O) groups excluding carboxylic acids is 1. The van der Waals surface area contributed by atoms with Gasteiger partial charge in [-0.25, -0.2) is 4.98 Å².